The zero-order valence-corrected chi connectivity index (χ0v) is 18.6. The van der Waals surface area contributed by atoms with Crippen LogP contribution in [-0.2, 0) is 0 Å². The summed E-state index contributed by atoms with van der Waals surface area (Å²) >= 11 is 0. The van der Waals surface area contributed by atoms with Crippen molar-refractivity contribution >= 4 is 0 Å². The molecule has 3 aliphatic carbocycles. The molecule has 3 saturated carbocycles. The Bertz CT molecular complexity index is 473. The van der Waals surface area contributed by atoms with E-state index in [0.29, 0.717) is 27.1 Å². The van der Waals surface area contributed by atoms with Gasteiger partial charge in [0.15, 0.2) is 0 Å². The fourth-order valence-electron chi connectivity index (χ4n) is 8.26. The van der Waals surface area contributed by atoms with Crippen molar-refractivity contribution in [2.45, 2.75) is 113 Å². The zero-order chi connectivity index (χ0) is 19.1. The highest BCUT2D eigenvalue weighted by molar-refractivity contribution is 5.14. The van der Waals surface area contributed by atoms with E-state index >= 15 is 0 Å². The van der Waals surface area contributed by atoms with Gasteiger partial charge in [0.25, 0.3) is 0 Å². The summed E-state index contributed by atoms with van der Waals surface area (Å²) in [5.74, 6) is 0.876. The normalized spacial score (nSPS) is 50.3. The van der Waals surface area contributed by atoms with Gasteiger partial charge in [-0.1, -0.05) is 67.7 Å². The zero-order valence-electron chi connectivity index (χ0n) is 18.6. The number of rotatable bonds is 3. The van der Waals surface area contributed by atoms with Crippen LogP contribution < -0.4 is 0 Å². The van der Waals surface area contributed by atoms with E-state index in [1.54, 1.807) is 0 Å². The highest BCUT2D eigenvalue weighted by Crippen LogP contribution is 2.74. The molecule has 0 saturated heterocycles. The smallest absolute Gasteiger partial charge is 0.0319 e. The predicted molar refractivity (Wildman–Crippen MR) is 110 cm³/mol. The van der Waals surface area contributed by atoms with Crippen LogP contribution in [-0.4, -0.2) is 12.2 Å². The van der Waals surface area contributed by atoms with Crippen LogP contribution in [0.2, 0.25) is 0 Å². The van der Waals surface area contributed by atoms with Crippen LogP contribution >= 0.6 is 0 Å². The van der Waals surface area contributed by atoms with Gasteiger partial charge in [0, 0.05) is 7.11 Å². The van der Waals surface area contributed by atoms with Crippen molar-refractivity contribution in [2.24, 2.45) is 33.0 Å². The first-order valence-corrected chi connectivity index (χ1v) is 11.0. The summed E-state index contributed by atoms with van der Waals surface area (Å²) < 4.78 is 0. The minimum absolute atomic E-state index is 0.532. The SMILES string of the molecule is CCC(C)C12CCCC3(C)CC(C)(CC1)CC3(C)CC2(C)CC.CO. The van der Waals surface area contributed by atoms with E-state index in [9.17, 15) is 0 Å². The molecule has 1 nitrogen and oxygen atoms in total. The molecule has 3 fully saturated rings. The van der Waals surface area contributed by atoms with Gasteiger partial charge in [0.05, 0.1) is 0 Å². The summed E-state index contributed by atoms with van der Waals surface area (Å²) in [4.78, 5) is 0. The standard InChI is InChI=1S/C23H42.CH4O/c1-8-18(3)23-12-10-11-21(6)15-19(4,13-14-23)16-22(21,7)17-20(23,5)9-2;1-2/h18H,8-17H2,1-7H3;2H,1H3. The minimum atomic E-state index is 0.532. The van der Waals surface area contributed by atoms with Gasteiger partial charge in [0.1, 0.15) is 0 Å². The van der Waals surface area contributed by atoms with Gasteiger partial charge in [0.2, 0.25) is 0 Å². The number of hydrogen-bond donors (Lipinski definition) is 1. The van der Waals surface area contributed by atoms with E-state index in [0.717, 1.165) is 13.0 Å². The van der Waals surface area contributed by atoms with Crippen LogP contribution in [0.1, 0.15) is 113 Å². The third kappa shape index (κ3) is 3.01. The maximum atomic E-state index is 7.00. The van der Waals surface area contributed by atoms with Gasteiger partial charge >= 0.3 is 0 Å². The van der Waals surface area contributed by atoms with E-state index in [1.165, 1.54) is 64.2 Å². The first kappa shape index (κ1) is 21.3. The van der Waals surface area contributed by atoms with Crippen LogP contribution in [0, 0.1) is 33.0 Å². The molecule has 1 heteroatoms. The molecule has 6 unspecified atom stereocenters. The second kappa shape index (κ2) is 6.84. The summed E-state index contributed by atoms with van der Waals surface area (Å²) in [6.07, 6.45) is 14.6. The monoisotopic (exact) mass is 350 g/mol. The van der Waals surface area contributed by atoms with Crippen molar-refractivity contribution in [3.05, 3.63) is 0 Å². The molecule has 0 heterocycles. The molecule has 3 bridgehead atoms. The Morgan fingerprint density at radius 1 is 0.800 bits per heavy atom. The van der Waals surface area contributed by atoms with E-state index in [1.807, 2.05) is 0 Å². The Morgan fingerprint density at radius 3 is 1.96 bits per heavy atom. The maximum absolute atomic E-state index is 7.00. The molecule has 0 aromatic carbocycles. The molecule has 3 rings (SSSR count). The van der Waals surface area contributed by atoms with Gasteiger partial charge in [-0.15, -0.1) is 0 Å². The number of aliphatic hydroxyl groups excluding tert-OH is 1. The summed E-state index contributed by atoms with van der Waals surface area (Å²) in [5, 5.41) is 7.00. The Labute approximate surface area is 158 Å². The Morgan fingerprint density at radius 2 is 1.40 bits per heavy atom. The van der Waals surface area contributed by atoms with Gasteiger partial charge in [-0.2, -0.15) is 0 Å². The van der Waals surface area contributed by atoms with Crippen LogP contribution in [0.4, 0.5) is 0 Å². The second-order valence-corrected chi connectivity index (χ2v) is 11.2. The Balaban J connectivity index is 0.00000109. The van der Waals surface area contributed by atoms with E-state index in [-0.39, 0.29) is 0 Å². The Kier molecular flexibility index (Phi) is 5.82. The molecule has 0 radical (unpaired) electrons. The first-order chi connectivity index (χ1) is 11.6. The molecule has 1 N–H and O–H groups in total. The lowest BCUT2D eigenvalue weighted by Gasteiger charge is -2.60. The molecule has 0 spiro atoms. The van der Waals surface area contributed by atoms with Gasteiger partial charge in [-0.25, -0.2) is 0 Å². The third-order valence-corrected chi connectivity index (χ3v) is 9.94. The Hall–Kier alpha value is -0.0400. The van der Waals surface area contributed by atoms with Gasteiger partial charge < -0.3 is 5.11 Å². The molecule has 0 amide bonds. The van der Waals surface area contributed by atoms with E-state index in [4.69, 9.17) is 5.11 Å². The highest BCUT2D eigenvalue weighted by Gasteiger charge is 2.64. The lowest BCUT2D eigenvalue weighted by atomic mass is 9.44. The fourth-order valence-corrected chi connectivity index (χ4v) is 8.26. The second-order valence-electron chi connectivity index (χ2n) is 11.2. The summed E-state index contributed by atoms with van der Waals surface area (Å²) in [5.41, 5.74) is 2.88. The number of aliphatic hydroxyl groups is 1. The quantitative estimate of drug-likeness (QED) is 0.569. The largest absolute Gasteiger partial charge is 0.400 e. The third-order valence-electron chi connectivity index (χ3n) is 9.94. The van der Waals surface area contributed by atoms with Crippen LogP contribution in [0.3, 0.4) is 0 Å². The first-order valence-electron chi connectivity index (χ1n) is 11.0. The highest BCUT2D eigenvalue weighted by atomic mass is 16.2. The van der Waals surface area contributed by atoms with Gasteiger partial charge in [-0.05, 0) is 77.9 Å². The van der Waals surface area contributed by atoms with Crippen molar-refractivity contribution in [1.82, 2.24) is 0 Å². The molecule has 25 heavy (non-hydrogen) atoms. The summed E-state index contributed by atoms with van der Waals surface area (Å²) in [7, 11) is 1.00. The molecule has 0 aromatic heterocycles. The number of fused-ring (bicyclic) bond motifs is 3. The maximum Gasteiger partial charge on any atom is 0.0319 e. The average molecular weight is 351 g/mol. The average Bonchev–Trinajstić information content (AvgIpc) is 2.79. The van der Waals surface area contributed by atoms with Crippen LogP contribution in [0.15, 0.2) is 0 Å². The lowest BCUT2D eigenvalue weighted by Crippen LogP contribution is -2.51. The van der Waals surface area contributed by atoms with Crippen molar-refractivity contribution in [2.75, 3.05) is 7.11 Å². The van der Waals surface area contributed by atoms with Crippen molar-refractivity contribution in [3.8, 4) is 0 Å². The molecule has 0 aliphatic heterocycles. The fraction of sp³-hybridized carbons (Fsp3) is 1.00. The van der Waals surface area contributed by atoms with Crippen LogP contribution in [0.5, 0.6) is 0 Å². The minimum Gasteiger partial charge on any atom is -0.400 e. The molecule has 148 valence electrons. The molecule has 6 atom stereocenters. The van der Waals surface area contributed by atoms with Crippen molar-refractivity contribution in [3.63, 3.8) is 0 Å². The summed E-state index contributed by atoms with van der Waals surface area (Å²) in [6, 6.07) is 0. The topological polar surface area (TPSA) is 20.2 Å². The molecule has 0 aromatic rings. The molecular formula is C24H46O. The molecule has 3 aliphatic rings. The summed E-state index contributed by atoms with van der Waals surface area (Å²) in [6.45, 7) is 18.2. The van der Waals surface area contributed by atoms with Crippen molar-refractivity contribution in [1.29, 1.82) is 0 Å². The van der Waals surface area contributed by atoms with Gasteiger partial charge in [-0.3, -0.25) is 0 Å². The van der Waals surface area contributed by atoms with Crippen LogP contribution in [0.25, 0.3) is 0 Å². The number of hydrogen-bond acceptors (Lipinski definition) is 1. The lowest BCUT2D eigenvalue weighted by molar-refractivity contribution is -0.107. The predicted octanol–water partition coefficient (Wildman–Crippen LogP) is 7.22. The molecular weight excluding hydrogens is 304 g/mol. The van der Waals surface area contributed by atoms with E-state index < -0.39 is 0 Å². The van der Waals surface area contributed by atoms with Crippen molar-refractivity contribution < 1.29 is 5.11 Å². The van der Waals surface area contributed by atoms with E-state index in [2.05, 4.69) is 48.5 Å².